The summed E-state index contributed by atoms with van der Waals surface area (Å²) in [6.07, 6.45) is 4.30. The van der Waals surface area contributed by atoms with E-state index in [1.807, 2.05) is 0 Å². The van der Waals surface area contributed by atoms with E-state index in [2.05, 4.69) is 4.74 Å². The average molecular weight is 239 g/mol. The Morgan fingerprint density at radius 2 is 2.25 bits per heavy atom. The molecule has 0 N–H and O–H groups in total. The van der Waals surface area contributed by atoms with Crippen molar-refractivity contribution in [3.63, 3.8) is 0 Å². The lowest BCUT2D eigenvalue weighted by molar-refractivity contribution is -0.139. The fraction of sp³-hybridized carbons (Fsp3) is 0.167. The molecule has 0 radical (unpaired) electrons. The van der Waals surface area contributed by atoms with Gasteiger partial charge in [-0.1, -0.05) is 29.8 Å². The maximum absolute atomic E-state index is 10.8. The van der Waals surface area contributed by atoms with Crippen LogP contribution < -0.4 is 0 Å². The largest absolute Gasteiger partial charge is 0.469 e. The highest BCUT2D eigenvalue weighted by Gasteiger charge is 1.99. The summed E-state index contributed by atoms with van der Waals surface area (Å²) in [5.41, 5.74) is 1.25. The van der Waals surface area contributed by atoms with Crippen molar-refractivity contribution in [1.82, 2.24) is 0 Å². The number of benzene rings is 1. The summed E-state index contributed by atoms with van der Waals surface area (Å²) in [5.74, 6) is -0.305. The van der Waals surface area contributed by atoms with E-state index in [1.54, 1.807) is 30.4 Å². The summed E-state index contributed by atoms with van der Waals surface area (Å²) >= 11 is 5.77. The Hall–Kier alpha value is -1.61. The van der Waals surface area contributed by atoms with E-state index in [-0.39, 0.29) is 12.4 Å². The quantitative estimate of drug-likeness (QED) is 0.598. The van der Waals surface area contributed by atoms with Crippen molar-refractivity contribution in [2.45, 2.75) is 6.42 Å². The van der Waals surface area contributed by atoms with Gasteiger partial charge in [0.05, 0.1) is 18.6 Å². The predicted octanol–water partition coefficient (Wildman–Crippen LogP) is 2.73. The number of aldehydes is 1. The van der Waals surface area contributed by atoms with Gasteiger partial charge < -0.3 is 4.74 Å². The van der Waals surface area contributed by atoms with Crippen LogP contribution in [0.4, 0.5) is 0 Å². The number of esters is 1. The summed E-state index contributed by atoms with van der Waals surface area (Å²) in [7, 11) is 1.34. The molecule has 1 aromatic carbocycles. The number of hydrogen-bond acceptors (Lipinski definition) is 3. The fourth-order valence-corrected chi connectivity index (χ4v) is 1.29. The molecule has 0 aliphatic heterocycles. The highest BCUT2D eigenvalue weighted by Crippen LogP contribution is 2.16. The van der Waals surface area contributed by atoms with Crippen molar-refractivity contribution in [3.05, 3.63) is 40.4 Å². The van der Waals surface area contributed by atoms with Gasteiger partial charge in [0.1, 0.15) is 0 Å². The van der Waals surface area contributed by atoms with Crippen LogP contribution in [0.2, 0.25) is 5.02 Å². The first-order chi connectivity index (χ1) is 7.67. The minimum absolute atomic E-state index is 0.204. The van der Waals surface area contributed by atoms with Gasteiger partial charge in [-0.3, -0.25) is 9.59 Å². The molecule has 0 bridgehead atoms. The number of halogens is 1. The summed E-state index contributed by atoms with van der Waals surface area (Å²) in [5, 5.41) is 0.417. The van der Waals surface area contributed by atoms with E-state index < -0.39 is 0 Å². The topological polar surface area (TPSA) is 43.4 Å². The first kappa shape index (κ1) is 12.5. The summed E-state index contributed by atoms with van der Waals surface area (Å²) in [6.45, 7) is 0. The van der Waals surface area contributed by atoms with E-state index in [4.69, 9.17) is 11.6 Å². The molecular formula is C12H11ClO3. The lowest BCUT2D eigenvalue weighted by Crippen LogP contribution is -1.96. The van der Waals surface area contributed by atoms with Gasteiger partial charge in [-0.05, 0) is 17.7 Å². The molecule has 3 nitrogen and oxygen atoms in total. The number of carbonyl (C=O) groups is 2. The second-order valence-electron chi connectivity index (χ2n) is 3.08. The van der Waals surface area contributed by atoms with Crippen LogP contribution in [-0.2, 0) is 9.53 Å². The SMILES string of the molecule is COC(=O)CC=Cc1ccc(Cl)c(C=O)c1. The molecule has 0 heterocycles. The molecule has 0 atom stereocenters. The van der Waals surface area contributed by atoms with Crippen molar-refractivity contribution in [2.24, 2.45) is 0 Å². The van der Waals surface area contributed by atoms with Crippen molar-refractivity contribution in [1.29, 1.82) is 0 Å². The zero-order valence-electron chi connectivity index (χ0n) is 8.77. The molecule has 0 fully saturated rings. The molecule has 0 aliphatic carbocycles. The Labute approximate surface area is 98.7 Å². The summed E-state index contributed by atoms with van der Waals surface area (Å²) in [4.78, 5) is 21.5. The van der Waals surface area contributed by atoms with Gasteiger partial charge in [0.15, 0.2) is 6.29 Å². The molecule has 1 rings (SSSR count). The predicted molar refractivity (Wildman–Crippen MR) is 62.5 cm³/mol. The molecule has 0 aliphatic rings. The zero-order valence-corrected chi connectivity index (χ0v) is 9.53. The summed E-state index contributed by atoms with van der Waals surface area (Å²) < 4.78 is 4.48. The second kappa shape index (κ2) is 6.08. The Balaban J connectivity index is 2.74. The minimum Gasteiger partial charge on any atom is -0.469 e. The minimum atomic E-state index is -0.305. The van der Waals surface area contributed by atoms with Crippen LogP contribution in [0.1, 0.15) is 22.3 Å². The molecule has 1 aromatic rings. The van der Waals surface area contributed by atoms with Gasteiger partial charge >= 0.3 is 5.97 Å². The third-order valence-corrected chi connectivity index (χ3v) is 2.31. The number of rotatable bonds is 4. The number of hydrogen-bond donors (Lipinski definition) is 0. The summed E-state index contributed by atoms with van der Waals surface area (Å²) in [6, 6.07) is 5.06. The molecule has 0 saturated carbocycles. The maximum Gasteiger partial charge on any atom is 0.309 e. The van der Waals surface area contributed by atoms with Gasteiger partial charge in [0, 0.05) is 5.56 Å². The van der Waals surface area contributed by atoms with Gasteiger partial charge in [0.2, 0.25) is 0 Å². The number of carbonyl (C=O) groups excluding carboxylic acids is 2. The van der Waals surface area contributed by atoms with Crippen LogP contribution in [0.5, 0.6) is 0 Å². The van der Waals surface area contributed by atoms with Crippen molar-refractivity contribution in [2.75, 3.05) is 7.11 Å². The smallest absolute Gasteiger partial charge is 0.309 e. The first-order valence-electron chi connectivity index (χ1n) is 4.65. The van der Waals surface area contributed by atoms with Gasteiger partial charge in [0.25, 0.3) is 0 Å². The van der Waals surface area contributed by atoms with Crippen molar-refractivity contribution < 1.29 is 14.3 Å². The molecule has 0 amide bonds. The highest BCUT2D eigenvalue weighted by molar-refractivity contribution is 6.33. The zero-order chi connectivity index (χ0) is 12.0. The second-order valence-corrected chi connectivity index (χ2v) is 3.49. The molecule has 84 valence electrons. The fourth-order valence-electron chi connectivity index (χ4n) is 1.13. The monoisotopic (exact) mass is 238 g/mol. The Kier molecular flexibility index (Phi) is 4.73. The Morgan fingerprint density at radius 3 is 2.88 bits per heavy atom. The van der Waals surface area contributed by atoms with Crippen LogP contribution in [0, 0.1) is 0 Å². The first-order valence-corrected chi connectivity index (χ1v) is 5.03. The van der Waals surface area contributed by atoms with E-state index in [9.17, 15) is 9.59 Å². The number of methoxy groups -OCH3 is 1. The van der Waals surface area contributed by atoms with Crippen LogP contribution in [-0.4, -0.2) is 19.4 Å². The number of ether oxygens (including phenoxy) is 1. The van der Waals surface area contributed by atoms with Crippen LogP contribution in [0.25, 0.3) is 6.08 Å². The van der Waals surface area contributed by atoms with Gasteiger partial charge in [-0.25, -0.2) is 0 Å². The highest BCUT2D eigenvalue weighted by atomic mass is 35.5. The third-order valence-electron chi connectivity index (χ3n) is 1.97. The molecule has 0 aromatic heterocycles. The van der Waals surface area contributed by atoms with Crippen LogP contribution in [0.15, 0.2) is 24.3 Å². The van der Waals surface area contributed by atoms with Crippen molar-refractivity contribution in [3.8, 4) is 0 Å². The third kappa shape index (κ3) is 3.51. The molecule has 0 saturated heterocycles. The lowest BCUT2D eigenvalue weighted by atomic mass is 10.1. The van der Waals surface area contributed by atoms with E-state index in [0.29, 0.717) is 16.9 Å². The molecular weight excluding hydrogens is 228 g/mol. The van der Waals surface area contributed by atoms with E-state index >= 15 is 0 Å². The maximum atomic E-state index is 10.8. The molecule has 0 unspecified atom stereocenters. The van der Waals surface area contributed by atoms with E-state index in [0.717, 1.165) is 5.56 Å². The van der Waals surface area contributed by atoms with Gasteiger partial charge in [-0.15, -0.1) is 0 Å². The average Bonchev–Trinajstić information content (AvgIpc) is 2.31. The molecule has 4 heteroatoms. The van der Waals surface area contributed by atoms with Crippen LogP contribution >= 0.6 is 11.6 Å². The van der Waals surface area contributed by atoms with Gasteiger partial charge in [-0.2, -0.15) is 0 Å². The van der Waals surface area contributed by atoms with Crippen molar-refractivity contribution >= 4 is 29.9 Å². The molecule has 0 spiro atoms. The Morgan fingerprint density at radius 1 is 1.50 bits per heavy atom. The lowest BCUT2D eigenvalue weighted by Gasteiger charge is -1.98. The standard InChI is InChI=1S/C12H11ClO3/c1-16-12(15)4-2-3-9-5-6-11(13)10(7-9)8-14/h2-3,5-8H,4H2,1H3. The molecule has 16 heavy (non-hydrogen) atoms. The Bertz CT molecular complexity index is 424. The van der Waals surface area contributed by atoms with Crippen LogP contribution in [0.3, 0.4) is 0 Å². The normalized spacial score (nSPS) is 10.4. The van der Waals surface area contributed by atoms with E-state index in [1.165, 1.54) is 7.11 Å².